The number of hydrogen-bond acceptors (Lipinski definition) is 5. The van der Waals surface area contributed by atoms with Gasteiger partial charge in [0.2, 0.25) is 11.8 Å². The summed E-state index contributed by atoms with van der Waals surface area (Å²) in [6, 6.07) is 5.24. The van der Waals surface area contributed by atoms with Gasteiger partial charge in [0.25, 0.3) is 0 Å². The zero-order chi connectivity index (χ0) is 19.3. The zero-order valence-corrected chi connectivity index (χ0v) is 15.8. The van der Waals surface area contributed by atoms with Crippen molar-refractivity contribution in [1.82, 2.24) is 10.2 Å². The smallest absolute Gasteiger partial charge is 0.307 e. The molecule has 1 aromatic rings. The van der Waals surface area contributed by atoms with E-state index in [1.54, 1.807) is 4.90 Å². The molecule has 1 aliphatic rings. The van der Waals surface area contributed by atoms with Crippen LogP contribution in [0.15, 0.2) is 18.2 Å². The fourth-order valence-corrected chi connectivity index (χ4v) is 3.12. The number of carbonyl (C=O) groups is 3. The summed E-state index contributed by atoms with van der Waals surface area (Å²) in [6.45, 7) is 7.10. The third-order valence-electron chi connectivity index (χ3n) is 4.57. The summed E-state index contributed by atoms with van der Waals surface area (Å²) in [5, 5.41) is 5.71. The summed E-state index contributed by atoms with van der Waals surface area (Å²) >= 11 is 0. The third kappa shape index (κ3) is 4.82. The van der Waals surface area contributed by atoms with Gasteiger partial charge in [-0.15, -0.1) is 0 Å². The standard InChI is InChI=1S/C19H27N3O4/c1-12(2)14-7-5-6-13(3)18(14)21-16(23)11-22-9-8-20-19(25)15(22)10-17(24)26-4/h5-7,12,15H,8-11H2,1-4H3,(H,20,25)(H,21,23)/t15-/m1/s1. The van der Waals surface area contributed by atoms with Crippen LogP contribution >= 0.6 is 0 Å². The van der Waals surface area contributed by atoms with Crippen LogP contribution in [0.3, 0.4) is 0 Å². The van der Waals surface area contributed by atoms with E-state index in [9.17, 15) is 14.4 Å². The Kier molecular flexibility index (Phi) is 6.74. The number of ether oxygens (including phenoxy) is 1. The number of amides is 2. The second kappa shape index (κ2) is 8.80. The Labute approximate surface area is 154 Å². The molecule has 1 saturated heterocycles. The average Bonchev–Trinajstić information content (AvgIpc) is 2.59. The minimum atomic E-state index is -0.691. The van der Waals surface area contributed by atoms with Crippen LogP contribution in [0.5, 0.6) is 0 Å². The number of piperazine rings is 1. The quantitative estimate of drug-likeness (QED) is 0.748. The molecule has 1 heterocycles. The lowest BCUT2D eigenvalue weighted by Crippen LogP contribution is -2.57. The number of nitrogens with one attached hydrogen (secondary N) is 2. The predicted octanol–water partition coefficient (Wildman–Crippen LogP) is 1.42. The van der Waals surface area contributed by atoms with Crippen molar-refractivity contribution in [3.8, 4) is 0 Å². The third-order valence-corrected chi connectivity index (χ3v) is 4.57. The van der Waals surface area contributed by atoms with Crippen molar-refractivity contribution in [2.75, 3.05) is 32.1 Å². The zero-order valence-electron chi connectivity index (χ0n) is 15.8. The Morgan fingerprint density at radius 3 is 2.77 bits per heavy atom. The molecule has 0 spiro atoms. The maximum absolute atomic E-state index is 12.6. The van der Waals surface area contributed by atoms with E-state index < -0.39 is 12.0 Å². The summed E-state index contributed by atoms with van der Waals surface area (Å²) in [5.41, 5.74) is 2.88. The highest BCUT2D eigenvalue weighted by molar-refractivity contribution is 5.95. The first-order valence-corrected chi connectivity index (χ1v) is 8.81. The van der Waals surface area contributed by atoms with Gasteiger partial charge in [-0.2, -0.15) is 0 Å². The van der Waals surface area contributed by atoms with Crippen LogP contribution in [0, 0.1) is 6.92 Å². The van der Waals surface area contributed by atoms with Crippen LogP contribution in [0.1, 0.15) is 37.3 Å². The molecule has 1 aliphatic heterocycles. The van der Waals surface area contributed by atoms with E-state index in [-0.39, 0.29) is 30.7 Å². The lowest BCUT2D eigenvalue weighted by Gasteiger charge is -2.33. The molecule has 0 radical (unpaired) electrons. The number of nitrogens with zero attached hydrogens (tertiary/aromatic N) is 1. The van der Waals surface area contributed by atoms with Gasteiger partial charge in [0, 0.05) is 18.8 Å². The average molecular weight is 361 g/mol. The Hall–Kier alpha value is -2.41. The number of rotatable bonds is 6. The summed E-state index contributed by atoms with van der Waals surface area (Å²) in [6.07, 6.45) is -0.0722. The van der Waals surface area contributed by atoms with Crippen molar-refractivity contribution >= 4 is 23.5 Å². The largest absolute Gasteiger partial charge is 0.469 e. The maximum Gasteiger partial charge on any atom is 0.307 e. The number of methoxy groups -OCH3 is 1. The Morgan fingerprint density at radius 1 is 1.38 bits per heavy atom. The predicted molar refractivity (Wildman–Crippen MR) is 98.9 cm³/mol. The molecular weight excluding hydrogens is 334 g/mol. The van der Waals surface area contributed by atoms with Crippen LogP contribution in [0.2, 0.25) is 0 Å². The number of carbonyl (C=O) groups excluding carboxylic acids is 3. The molecule has 7 nitrogen and oxygen atoms in total. The fraction of sp³-hybridized carbons (Fsp3) is 0.526. The van der Waals surface area contributed by atoms with E-state index in [4.69, 9.17) is 0 Å². The molecule has 0 saturated carbocycles. The first kappa shape index (κ1) is 19.9. The Bertz CT molecular complexity index is 687. The van der Waals surface area contributed by atoms with Crippen molar-refractivity contribution in [1.29, 1.82) is 0 Å². The number of hydrogen-bond donors (Lipinski definition) is 2. The highest BCUT2D eigenvalue weighted by Gasteiger charge is 2.33. The molecule has 0 aromatic heterocycles. The van der Waals surface area contributed by atoms with Crippen molar-refractivity contribution < 1.29 is 19.1 Å². The van der Waals surface area contributed by atoms with Crippen LogP contribution < -0.4 is 10.6 Å². The first-order valence-electron chi connectivity index (χ1n) is 8.81. The SMILES string of the molecule is COC(=O)C[C@@H]1C(=O)NCCN1CC(=O)Nc1c(C)cccc1C(C)C. The summed E-state index contributed by atoms with van der Waals surface area (Å²) < 4.78 is 4.66. The molecule has 1 atom stereocenters. The number of esters is 1. The molecular formula is C19H27N3O4. The molecule has 26 heavy (non-hydrogen) atoms. The summed E-state index contributed by atoms with van der Waals surface area (Å²) in [4.78, 5) is 38.0. The second-order valence-electron chi connectivity index (χ2n) is 6.80. The fourth-order valence-electron chi connectivity index (χ4n) is 3.12. The topological polar surface area (TPSA) is 87.7 Å². The molecule has 2 N–H and O–H groups in total. The Balaban J connectivity index is 2.11. The van der Waals surface area contributed by atoms with Crippen molar-refractivity contribution in [3.63, 3.8) is 0 Å². The Morgan fingerprint density at radius 2 is 2.12 bits per heavy atom. The van der Waals surface area contributed by atoms with E-state index in [0.717, 1.165) is 16.8 Å². The molecule has 7 heteroatoms. The monoisotopic (exact) mass is 361 g/mol. The second-order valence-corrected chi connectivity index (χ2v) is 6.80. The van der Waals surface area contributed by atoms with Gasteiger partial charge >= 0.3 is 5.97 Å². The number of para-hydroxylation sites is 1. The van der Waals surface area contributed by atoms with Gasteiger partial charge in [-0.25, -0.2) is 0 Å². The highest BCUT2D eigenvalue weighted by Crippen LogP contribution is 2.27. The van der Waals surface area contributed by atoms with Crippen LogP contribution in [-0.2, 0) is 19.1 Å². The van der Waals surface area contributed by atoms with Crippen molar-refractivity contribution in [3.05, 3.63) is 29.3 Å². The van der Waals surface area contributed by atoms with Crippen molar-refractivity contribution in [2.45, 2.75) is 39.2 Å². The first-order chi connectivity index (χ1) is 12.3. The van der Waals surface area contributed by atoms with Gasteiger partial charge in [-0.05, 0) is 24.0 Å². The highest BCUT2D eigenvalue weighted by atomic mass is 16.5. The van der Waals surface area contributed by atoms with Crippen LogP contribution in [0.4, 0.5) is 5.69 Å². The molecule has 0 unspecified atom stereocenters. The van der Waals surface area contributed by atoms with Gasteiger partial charge in [-0.3, -0.25) is 19.3 Å². The summed E-state index contributed by atoms with van der Waals surface area (Å²) in [5.74, 6) is -0.657. The van der Waals surface area contributed by atoms with E-state index in [1.807, 2.05) is 25.1 Å². The molecule has 0 aliphatic carbocycles. The number of benzene rings is 1. The van der Waals surface area contributed by atoms with E-state index in [2.05, 4.69) is 29.2 Å². The van der Waals surface area contributed by atoms with E-state index >= 15 is 0 Å². The van der Waals surface area contributed by atoms with Gasteiger partial charge in [0.05, 0.1) is 20.1 Å². The van der Waals surface area contributed by atoms with E-state index in [0.29, 0.717) is 13.1 Å². The van der Waals surface area contributed by atoms with Gasteiger partial charge < -0.3 is 15.4 Å². The van der Waals surface area contributed by atoms with Gasteiger partial charge in [-0.1, -0.05) is 32.0 Å². The molecule has 1 aromatic carbocycles. The normalized spacial score (nSPS) is 17.7. The molecule has 1 fully saturated rings. The number of anilines is 1. The van der Waals surface area contributed by atoms with Crippen LogP contribution in [0.25, 0.3) is 0 Å². The van der Waals surface area contributed by atoms with E-state index in [1.165, 1.54) is 7.11 Å². The van der Waals surface area contributed by atoms with Crippen LogP contribution in [-0.4, -0.2) is 55.5 Å². The summed E-state index contributed by atoms with van der Waals surface area (Å²) in [7, 11) is 1.28. The van der Waals surface area contributed by atoms with Gasteiger partial charge in [0.1, 0.15) is 6.04 Å². The van der Waals surface area contributed by atoms with Crippen molar-refractivity contribution in [2.24, 2.45) is 0 Å². The molecule has 0 bridgehead atoms. The minimum Gasteiger partial charge on any atom is -0.469 e. The maximum atomic E-state index is 12.6. The minimum absolute atomic E-state index is 0.0426. The van der Waals surface area contributed by atoms with Gasteiger partial charge in [0.15, 0.2) is 0 Å². The lowest BCUT2D eigenvalue weighted by atomic mass is 9.98. The lowest BCUT2D eigenvalue weighted by molar-refractivity contribution is -0.146. The molecule has 142 valence electrons. The number of aryl methyl sites for hydroxylation is 1. The molecule has 2 amide bonds. The molecule has 2 rings (SSSR count).